The summed E-state index contributed by atoms with van der Waals surface area (Å²) in [7, 11) is 1.27. The lowest BCUT2D eigenvalue weighted by Crippen LogP contribution is -2.45. The smallest absolute Gasteiger partial charge is 0.268 e. The second kappa shape index (κ2) is 32.2. The van der Waals surface area contributed by atoms with Crippen molar-refractivity contribution in [3.63, 3.8) is 0 Å². The van der Waals surface area contributed by atoms with Gasteiger partial charge in [-0.2, -0.15) is 0 Å². The van der Waals surface area contributed by atoms with E-state index in [4.69, 9.17) is 9.05 Å². The highest BCUT2D eigenvalue weighted by Crippen LogP contribution is 2.38. The fraction of sp³-hybridized carbons (Fsp3) is 0.923. The van der Waals surface area contributed by atoms with Gasteiger partial charge in [-0.05, 0) is 19.3 Å². The van der Waals surface area contributed by atoms with Gasteiger partial charge in [-0.1, -0.05) is 167 Å². The van der Waals surface area contributed by atoms with Crippen LogP contribution in [0.5, 0.6) is 0 Å². The number of aliphatic hydroxyl groups is 1. The third-order valence-corrected chi connectivity index (χ3v) is 9.96. The maximum Gasteiger partial charge on any atom is 0.268 e. The number of nitrogens with one attached hydrogen (secondary N) is 1. The molecule has 0 spiro atoms. The molecule has 48 heavy (non-hydrogen) atoms. The Morgan fingerprint density at radius 1 is 0.708 bits per heavy atom. The minimum absolute atomic E-state index is 0.00175. The molecule has 0 fully saturated rings. The van der Waals surface area contributed by atoms with Crippen LogP contribution in [0.2, 0.25) is 0 Å². The van der Waals surface area contributed by atoms with Crippen molar-refractivity contribution in [2.24, 2.45) is 0 Å². The fourth-order valence-electron chi connectivity index (χ4n) is 5.74. The summed E-state index contributed by atoms with van der Waals surface area (Å²) in [5, 5.41) is 13.7. The number of aliphatic hydroxyl groups excluding tert-OH is 1. The Labute approximate surface area is 297 Å². The summed E-state index contributed by atoms with van der Waals surface area (Å²) in [6.45, 7) is 4.63. The van der Waals surface area contributed by atoms with Crippen LogP contribution in [0.4, 0.5) is 0 Å². The molecular weight excluding hydrogens is 624 g/mol. The quantitative estimate of drug-likeness (QED) is 0.0221. The number of hydrogen-bond acceptors (Lipinski definition) is 6. The molecule has 0 aliphatic heterocycles. The molecule has 0 aromatic heterocycles. The molecule has 0 saturated heterocycles. The van der Waals surface area contributed by atoms with E-state index in [9.17, 15) is 19.4 Å². The second-order valence-corrected chi connectivity index (χ2v) is 16.4. The highest BCUT2D eigenvalue weighted by molar-refractivity contribution is 7.45. The molecule has 1 amide bonds. The molecule has 9 heteroatoms. The van der Waals surface area contributed by atoms with Crippen LogP contribution in [0, 0.1) is 0 Å². The van der Waals surface area contributed by atoms with Gasteiger partial charge >= 0.3 is 0 Å². The average Bonchev–Trinajstić information content (AvgIpc) is 3.02. The largest absolute Gasteiger partial charge is 0.756 e. The van der Waals surface area contributed by atoms with E-state index in [0.717, 1.165) is 38.5 Å². The number of likely N-dealkylation sites (N-methyl/N-ethyl adjacent to an activating group) is 1. The van der Waals surface area contributed by atoms with Crippen molar-refractivity contribution in [2.45, 2.75) is 193 Å². The molecular formula is C39H79N2O6P. The van der Waals surface area contributed by atoms with Crippen molar-refractivity contribution in [1.82, 2.24) is 5.32 Å². The van der Waals surface area contributed by atoms with Crippen LogP contribution in [-0.4, -0.2) is 68.5 Å². The van der Waals surface area contributed by atoms with Crippen molar-refractivity contribution in [1.29, 1.82) is 0 Å². The van der Waals surface area contributed by atoms with Crippen LogP contribution in [0.3, 0.4) is 0 Å². The van der Waals surface area contributed by atoms with Gasteiger partial charge in [-0.25, -0.2) is 0 Å². The van der Waals surface area contributed by atoms with Gasteiger partial charge in [0.1, 0.15) is 13.2 Å². The van der Waals surface area contributed by atoms with Crippen molar-refractivity contribution in [2.75, 3.05) is 40.9 Å². The molecule has 0 aromatic rings. The molecule has 0 aromatic carbocycles. The predicted octanol–water partition coefficient (Wildman–Crippen LogP) is 9.78. The predicted molar refractivity (Wildman–Crippen MR) is 201 cm³/mol. The van der Waals surface area contributed by atoms with Crippen molar-refractivity contribution in [3.8, 4) is 0 Å². The number of unbranched alkanes of at least 4 members (excludes halogenated alkanes) is 23. The minimum Gasteiger partial charge on any atom is -0.756 e. The monoisotopic (exact) mass is 704 g/mol. The lowest BCUT2D eigenvalue weighted by atomic mass is 10.0. The summed E-state index contributed by atoms with van der Waals surface area (Å²) in [4.78, 5) is 25.2. The van der Waals surface area contributed by atoms with Crippen LogP contribution in [0.25, 0.3) is 0 Å². The SMILES string of the molecule is CCCCCCCCCCCCC/C=C/[C@@H](O)[C@H](COP(=O)([O-])OCC[N+](C)(C)C)N[13C](=O)CCCCCCCCCCCCCCC. The molecule has 2 N–H and O–H groups in total. The van der Waals surface area contributed by atoms with Crippen LogP contribution < -0.4 is 10.2 Å². The summed E-state index contributed by atoms with van der Waals surface area (Å²) in [6.07, 6.45) is 33.8. The van der Waals surface area contributed by atoms with Crippen LogP contribution in [0.1, 0.15) is 181 Å². The van der Waals surface area contributed by atoms with E-state index >= 15 is 0 Å². The molecule has 3 atom stereocenters. The van der Waals surface area contributed by atoms with Gasteiger partial charge in [0.25, 0.3) is 7.82 Å². The molecule has 0 bridgehead atoms. The van der Waals surface area contributed by atoms with E-state index in [1.165, 1.54) is 122 Å². The molecule has 8 nitrogen and oxygen atoms in total. The van der Waals surface area contributed by atoms with Crippen LogP contribution >= 0.6 is 7.82 Å². The number of phosphoric ester groups is 1. The summed E-state index contributed by atoms with van der Waals surface area (Å²) >= 11 is 0. The molecule has 0 radical (unpaired) electrons. The number of carbonyl (C=O) groups is 1. The first kappa shape index (κ1) is 47.2. The maximum atomic E-state index is 12.8. The first-order valence-corrected chi connectivity index (χ1v) is 21.5. The van der Waals surface area contributed by atoms with Crippen LogP contribution in [0.15, 0.2) is 12.2 Å². The van der Waals surface area contributed by atoms with E-state index in [-0.39, 0.29) is 19.1 Å². The molecule has 0 saturated carbocycles. The van der Waals surface area contributed by atoms with E-state index in [2.05, 4.69) is 19.2 Å². The number of carbonyl (C=O) groups excluding carboxylic acids is 1. The number of amides is 1. The van der Waals surface area contributed by atoms with Gasteiger partial charge in [0.2, 0.25) is 5.91 Å². The first-order valence-electron chi connectivity index (χ1n) is 20.1. The zero-order valence-corrected chi connectivity index (χ0v) is 33.1. The standard InChI is InChI=1S/C39H79N2O6P/c1-6-8-10-12-14-16-18-20-22-24-26-28-30-32-38(42)37(36-47-48(44,45)46-35-34-41(3,4)5)40-39(43)33-31-29-27-25-23-21-19-17-15-13-11-9-7-2/h30,32,37-38,42H,6-29,31,33-36H2,1-5H3,(H-,40,43,44,45)/b32-30+/t37-,38+/m0/s1/i39+1. The van der Waals surface area contributed by atoms with Crippen molar-refractivity contribution >= 4 is 13.7 Å². The molecule has 0 aliphatic rings. The Hall–Kier alpha value is -0.760. The maximum absolute atomic E-state index is 12.8. The minimum atomic E-state index is -4.57. The summed E-state index contributed by atoms with van der Waals surface area (Å²) in [5.74, 6) is -0.198. The first-order chi connectivity index (χ1) is 23.0. The van der Waals surface area contributed by atoms with E-state index < -0.39 is 20.0 Å². The van der Waals surface area contributed by atoms with Gasteiger partial charge in [-0.3, -0.25) is 9.36 Å². The fourth-order valence-corrected chi connectivity index (χ4v) is 6.46. The Kier molecular flexibility index (Phi) is 31.7. The van der Waals surface area contributed by atoms with Crippen molar-refractivity contribution in [3.05, 3.63) is 12.2 Å². The lowest BCUT2D eigenvalue weighted by Gasteiger charge is -2.29. The number of quaternary nitrogens is 1. The number of hydrogen-bond donors (Lipinski definition) is 2. The van der Waals surface area contributed by atoms with Gasteiger partial charge in [0.15, 0.2) is 0 Å². The Bertz CT molecular complexity index is 804. The number of nitrogens with zero attached hydrogens (tertiary/aromatic N) is 1. The molecule has 0 heterocycles. The molecule has 0 rings (SSSR count). The molecule has 1 unspecified atom stereocenters. The van der Waals surface area contributed by atoms with E-state index in [0.29, 0.717) is 17.4 Å². The Morgan fingerprint density at radius 2 is 1.12 bits per heavy atom. The summed E-state index contributed by atoms with van der Waals surface area (Å²) in [5.41, 5.74) is 0. The van der Waals surface area contributed by atoms with Gasteiger partial charge < -0.3 is 28.8 Å². The zero-order chi connectivity index (χ0) is 35.8. The summed E-state index contributed by atoms with van der Waals surface area (Å²) in [6, 6.07) is -0.877. The molecule has 286 valence electrons. The average molecular weight is 704 g/mol. The van der Waals surface area contributed by atoms with Gasteiger partial charge in [0, 0.05) is 6.42 Å². The highest BCUT2D eigenvalue weighted by atomic mass is 31.2. The Balaban J connectivity index is 4.50. The summed E-state index contributed by atoms with van der Waals surface area (Å²) < 4.78 is 23.1. The van der Waals surface area contributed by atoms with E-state index in [1.807, 2.05) is 27.2 Å². The van der Waals surface area contributed by atoms with Crippen molar-refractivity contribution < 1.29 is 32.9 Å². The third kappa shape index (κ3) is 33.7. The van der Waals surface area contributed by atoms with Crippen LogP contribution in [-0.2, 0) is 18.4 Å². The lowest BCUT2D eigenvalue weighted by molar-refractivity contribution is -0.870. The van der Waals surface area contributed by atoms with E-state index in [1.54, 1.807) is 6.08 Å². The third-order valence-electron chi connectivity index (χ3n) is 9.00. The number of allylic oxidation sites excluding steroid dienone is 1. The topological polar surface area (TPSA) is 108 Å². The number of rotatable bonds is 36. The zero-order valence-electron chi connectivity index (χ0n) is 32.2. The Morgan fingerprint density at radius 3 is 1.56 bits per heavy atom. The van der Waals surface area contributed by atoms with Gasteiger partial charge in [-0.15, -0.1) is 0 Å². The normalized spacial score (nSPS) is 14.7. The second-order valence-electron chi connectivity index (χ2n) is 15.0. The number of phosphoric acid groups is 1. The van der Waals surface area contributed by atoms with Gasteiger partial charge in [0.05, 0.1) is 39.9 Å². The highest BCUT2D eigenvalue weighted by Gasteiger charge is 2.23. The molecule has 0 aliphatic carbocycles.